The molecule has 0 spiro atoms. The van der Waals surface area contributed by atoms with Crippen molar-refractivity contribution in [2.75, 3.05) is 35.6 Å². The number of para-hydroxylation sites is 1. The van der Waals surface area contributed by atoms with Crippen LogP contribution in [0.1, 0.15) is 58.3 Å². The summed E-state index contributed by atoms with van der Waals surface area (Å²) < 4.78 is 1.74. The van der Waals surface area contributed by atoms with E-state index in [0.29, 0.717) is 73.1 Å². The number of piperidine rings is 2. The molecule has 5 heterocycles. The Morgan fingerprint density at radius 2 is 1.66 bits per heavy atom. The highest BCUT2D eigenvalue weighted by Crippen LogP contribution is 2.31. The first-order valence-electron chi connectivity index (χ1n) is 19.5. The number of carbonyl (C=O) groups excluding carboxylic acids is 5. The number of rotatable bonds is 10. The molecule has 6 amide bonds. The summed E-state index contributed by atoms with van der Waals surface area (Å²) in [5.41, 5.74) is 7.61. The van der Waals surface area contributed by atoms with Crippen LogP contribution in [0.15, 0.2) is 66.9 Å². The third kappa shape index (κ3) is 7.90. The minimum Gasteiger partial charge on any atom is -0.356 e. The van der Waals surface area contributed by atoms with Crippen molar-refractivity contribution in [2.45, 2.75) is 58.5 Å². The number of benzene rings is 3. The van der Waals surface area contributed by atoms with Gasteiger partial charge in [-0.3, -0.25) is 24.5 Å². The lowest BCUT2D eigenvalue weighted by Gasteiger charge is -2.31. The number of aromatic nitrogens is 4. The lowest BCUT2D eigenvalue weighted by molar-refractivity contribution is -0.137. The zero-order valence-corrected chi connectivity index (χ0v) is 32.6. The summed E-state index contributed by atoms with van der Waals surface area (Å²) in [5.74, 6) is -0.116. The summed E-state index contributed by atoms with van der Waals surface area (Å²) in [4.78, 5) is 75.5. The summed E-state index contributed by atoms with van der Waals surface area (Å²) in [6, 6.07) is 18.2. The van der Waals surface area contributed by atoms with E-state index in [4.69, 9.17) is 4.98 Å². The largest absolute Gasteiger partial charge is 0.356 e. The van der Waals surface area contributed by atoms with Crippen molar-refractivity contribution in [1.82, 2.24) is 40.2 Å². The molecule has 3 aromatic carbocycles. The summed E-state index contributed by atoms with van der Waals surface area (Å²) in [7, 11) is 1.86. The molecule has 3 aliphatic rings. The maximum atomic E-state index is 13.1. The maximum Gasteiger partial charge on any atom is 0.321 e. The quantitative estimate of drug-likeness (QED) is 0.123. The molecule has 1 atom stereocenters. The Balaban J connectivity index is 0.772. The van der Waals surface area contributed by atoms with E-state index in [9.17, 15) is 24.0 Å². The molecule has 1 unspecified atom stereocenters. The van der Waals surface area contributed by atoms with Crippen LogP contribution >= 0.6 is 0 Å². The smallest absolute Gasteiger partial charge is 0.321 e. The van der Waals surface area contributed by atoms with Crippen LogP contribution in [0.4, 0.5) is 33.6 Å². The SMILES string of the molecule is Cc1cccc(C)c1Nc1nn(C)c2nc(Nc3ccc(CCNC(=O)C4CCN(C(=O)Nc5ccc6c(c5)CN(C5CCC(=O)NC5=O)C6=O)CC4)cc3)ncc12. The van der Waals surface area contributed by atoms with Gasteiger partial charge < -0.3 is 31.1 Å². The van der Waals surface area contributed by atoms with Crippen molar-refractivity contribution >= 4 is 69.5 Å². The van der Waals surface area contributed by atoms with Gasteiger partial charge in [-0.15, -0.1) is 0 Å². The zero-order valence-electron chi connectivity index (χ0n) is 32.6. The van der Waals surface area contributed by atoms with Gasteiger partial charge in [0.2, 0.25) is 23.7 Å². The first-order chi connectivity index (χ1) is 28.0. The number of nitrogens with one attached hydrogen (secondary N) is 5. The van der Waals surface area contributed by atoms with E-state index < -0.39 is 11.9 Å². The van der Waals surface area contributed by atoms with Crippen molar-refractivity contribution in [2.24, 2.45) is 13.0 Å². The number of likely N-dealkylation sites (tertiary alicyclic amines) is 1. The number of imide groups is 1. The first-order valence-corrected chi connectivity index (χ1v) is 19.5. The monoisotopic (exact) mass is 783 g/mol. The van der Waals surface area contributed by atoms with Crippen LogP contribution in [-0.2, 0) is 34.4 Å². The molecule has 298 valence electrons. The normalized spacial score (nSPS) is 16.9. The highest BCUT2D eigenvalue weighted by atomic mass is 16.2. The molecule has 0 radical (unpaired) electrons. The molecule has 5 aromatic rings. The van der Waals surface area contributed by atoms with Gasteiger partial charge in [0.15, 0.2) is 11.5 Å². The molecule has 2 fully saturated rings. The fourth-order valence-electron chi connectivity index (χ4n) is 7.88. The van der Waals surface area contributed by atoms with E-state index in [1.54, 1.807) is 34.0 Å². The minimum absolute atomic E-state index is 0.0164. The number of amides is 6. The Labute approximate surface area is 334 Å². The Bertz CT molecular complexity index is 2420. The third-order valence-corrected chi connectivity index (χ3v) is 11.2. The van der Waals surface area contributed by atoms with E-state index in [1.165, 1.54) is 4.90 Å². The van der Waals surface area contributed by atoms with Crippen molar-refractivity contribution in [1.29, 1.82) is 0 Å². The van der Waals surface area contributed by atoms with E-state index in [0.717, 1.165) is 33.5 Å². The van der Waals surface area contributed by atoms with Gasteiger partial charge in [0.1, 0.15) is 6.04 Å². The summed E-state index contributed by atoms with van der Waals surface area (Å²) in [5, 5.41) is 20.5. The van der Waals surface area contributed by atoms with Crippen molar-refractivity contribution < 1.29 is 24.0 Å². The van der Waals surface area contributed by atoms with E-state index in [1.807, 2.05) is 37.4 Å². The molecule has 16 nitrogen and oxygen atoms in total. The van der Waals surface area contributed by atoms with Gasteiger partial charge in [0, 0.05) is 74.4 Å². The van der Waals surface area contributed by atoms with Crippen LogP contribution < -0.4 is 26.6 Å². The Morgan fingerprint density at radius 3 is 2.40 bits per heavy atom. The van der Waals surface area contributed by atoms with Gasteiger partial charge in [-0.05, 0) is 92.1 Å². The van der Waals surface area contributed by atoms with Crippen LogP contribution in [0, 0.1) is 19.8 Å². The number of anilines is 5. The summed E-state index contributed by atoms with van der Waals surface area (Å²) in [6.45, 7) is 5.71. The Morgan fingerprint density at radius 1 is 0.914 bits per heavy atom. The molecular weight excluding hydrogens is 739 g/mol. The number of carbonyl (C=O) groups is 5. The topological polar surface area (TPSA) is 196 Å². The van der Waals surface area contributed by atoms with Crippen molar-refractivity contribution in [3.8, 4) is 0 Å². The molecule has 0 bridgehead atoms. The molecule has 3 aliphatic heterocycles. The summed E-state index contributed by atoms with van der Waals surface area (Å²) >= 11 is 0. The lowest BCUT2D eigenvalue weighted by Crippen LogP contribution is -2.52. The van der Waals surface area contributed by atoms with E-state index in [2.05, 4.69) is 62.6 Å². The number of aryl methyl sites for hydroxylation is 3. The number of nitrogens with zero attached hydrogens (tertiary/aromatic N) is 6. The molecule has 0 aliphatic carbocycles. The Hall–Kier alpha value is -6.84. The molecule has 2 aromatic heterocycles. The maximum absolute atomic E-state index is 13.1. The average Bonchev–Trinajstić information content (AvgIpc) is 3.70. The number of hydrogen-bond acceptors (Lipinski definition) is 10. The minimum atomic E-state index is -0.701. The average molecular weight is 784 g/mol. The predicted octanol–water partition coefficient (Wildman–Crippen LogP) is 4.83. The fraction of sp³-hybridized carbons (Fsp3) is 0.333. The van der Waals surface area contributed by atoms with Gasteiger partial charge in [0.05, 0.1) is 5.39 Å². The second-order valence-electron chi connectivity index (χ2n) is 15.1. The van der Waals surface area contributed by atoms with Gasteiger partial charge in [0.25, 0.3) is 5.91 Å². The third-order valence-electron chi connectivity index (χ3n) is 11.2. The lowest BCUT2D eigenvalue weighted by atomic mass is 9.96. The number of urea groups is 1. The number of fused-ring (bicyclic) bond motifs is 2. The van der Waals surface area contributed by atoms with Gasteiger partial charge in [-0.1, -0.05) is 30.3 Å². The Kier molecular flexibility index (Phi) is 10.5. The second-order valence-corrected chi connectivity index (χ2v) is 15.1. The molecule has 5 N–H and O–H groups in total. The molecule has 2 saturated heterocycles. The molecule has 0 saturated carbocycles. The molecule has 16 heteroatoms. The van der Waals surface area contributed by atoms with Crippen molar-refractivity contribution in [3.63, 3.8) is 0 Å². The van der Waals surface area contributed by atoms with Gasteiger partial charge >= 0.3 is 6.03 Å². The zero-order chi connectivity index (χ0) is 40.5. The predicted molar refractivity (Wildman–Crippen MR) is 218 cm³/mol. The standard InChI is InChI=1S/C42H45N11O5/c1-24-5-4-6-25(2)35(24)48-36-32-22-44-41(49-37(32)51(3)50-36)45-29-9-7-26(8-10-29)15-18-43-38(55)27-16-19-52(20-17-27)42(58)46-30-11-12-31-28(21-30)23-53(40(31)57)33-13-14-34(54)47-39(33)56/h4-12,21-22,27,33H,13-20,23H2,1-3H3,(H,43,55)(H,46,58)(H,48,50)(H,44,45,49)(H,47,54,56). The summed E-state index contributed by atoms with van der Waals surface area (Å²) in [6.07, 6.45) is 4.01. The number of hydrogen-bond donors (Lipinski definition) is 5. The first kappa shape index (κ1) is 38.1. The molecular formula is C42H45N11O5. The van der Waals surface area contributed by atoms with E-state index >= 15 is 0 Å². The second kappa shape index (κ2) is 16.0. The van der Waals surface area contributed by atoms with E-state index in [-0.39, 0.29) is 49.1 Å². The highest BCUT2D eigenvalue weighted by molar-refractivity contribution is 6.05. The van der Waals surface area contributed by atoms with Gasteiger partial charge in [-0.25, -0.2) is 14.5 Å². The fourth-order valence-corrected chi connectivity index (χ4v) is 7.88. The van der Waals surface area contributed by atoms with Gasteiger partial charge in [-0.2, -0.15) is 10.1 Å². The van der Waals surface area contributed by atoms with Crippen LogP contribution in [0.3, 0.4) is 0 Å². The van der Waals surface area contributed by atoms with Crippen LogP contribution in [0.25, 0.3) is 11.0 Å². The van der Waals surface area contributed by atoms with Crippen LogP contribution in [0.5, 0.6) is 0 Å². The van der Waals surface area contributed by atoms with Crippen molar-refractivity contribution in [3.05, 3.63) is 94.7 Å². The highest BCUT2D eigenvalue weighted by Gasteiger charge is 2.39. The van der Waals surface area contributed by atoms with Crippen LogP contribution in [0.2, 0.25) is 0 Å². The van der Waals surface area contributed by atoms with Crippen LogP contribution in [-0.4, -0.2) is 84.9 Å². The molecule has 8 rings (SSSR count). The molecule has 58 heavy (non-hydrogen) atoms.